The number of halogens is 1. The van der Waals surface area contributed by atoms with Gasteiger partial charge in [-0.05, 0) is 19.3 Å². The van der Waals surface area contributed by atoms with Crippen LogP contribution in [0, 0.1) is 0 Å². The number of rotatable bonds is 3. The van der Waals surface area contributed by atoms with Gasteiger partial charge in [0.25, 0.3) is 0 Å². The normalized spacial score (nSPS) is 26.5. The second-order valence-corrected chi connectivity index (χ2v) is 6.25. The molecule has 2 aliphatic rings. The summed E-state index contributed by atoms with van der Waals surface area (Å²) in [6.45, 7) is 1.38. The third-order valence-electron chi connectivity index (χ3n) is 3.84. The van der Waals surface area contributed by atoms with Crippen molar-refractivity contribution in [1.29, 1.82) is 0 Å². The Hall–Kier alpha value is -0.650. The van der Waals surface area contributed by atoms with Crippen LogP contribution >= 0.6 is 22.9 Å². The Morgan fingerprint density at radius 1 is 1.58 bits per heavy atom. The lowest BCUT2D eigenvalue weighted by Crippen LogP contribution is -2.51. The van der Waals surface area contributed by atoms with E-state index >= 15 is 0 Å². The largest absolute Gasteiger partial charge is 0.374 e. The molecule has 2 heterocycles. The first-order chi connectivity index (χ1) is 9.28. The molecule has 4 nitrogen and oxygen atoms in total. The zero-order valence-corrected chi connectivity index (χ0v) is 12.3. The molecule has 2 atom stereocenters. The van der Waals surface area contributed by atoms with Crippen LogP contribution in [0.5, 0.6) is 0 Å². The van der Waals surface area contributed by atoms with Gasteiger partial charge in [-0.3, -0.25) is 4.79 Å². The molecule has 6 heteroatoms. The Morgan fingerprint density at radius 2 is 2.47 bits per heavy atom. The van der Waals surface area contributed by atoms with E-state index in [1.807, 2.05) is 10.3 Å². The van der Waals surface area contributed by atoms with Crippen LogP contribution in [-0.2, 0) is 21.8 Å². The van der Waals surface area contributed by atoms with E-state index in [0.717, 1.165) is 30.0 Å². The summed E-state index contributed by atoms with van der Waals surface area (Å²) >= 11 is 7.25. The van der Waals surface area contributed by atoms with Crippen molar-refractivity contribution in [1.82, 2.24) is 9.88 Å². The second kappa shape index (κ2) is 5.77. The van der Waals surface area contributed by atoms with Crippen molar-refractivity contribution < 1.29 is 9.53 Å². The standard InChI is InChI=1S/C13H17ClN2O2S/c14-7-9-8-19-12(15-9)6-13(17)16-4-5-18-11-3-1-2-10(11)16/h8,10-11H,1-7H2. The third kappa shape index (κ3) is 2.78. The molecule has 0 N–H and O–H groups in total. The number of fused-ring (bicyclic) bond motifs is 1. The molecule has 1 saturated heterocycles. The highest BCUT2D eigenvalue weighted by molar-refractivity contribution is 7.09. The first-order valence-corrected chi connectivity index (χ1v) is 8.09. The van der Waals surface area contributed by atoms with Gasteiger partial charge in [-0.25, -0.2) is 4.98 Å². The minimum Gasteiger partial charge on any atom is -0.374 e. The van der Waals surface area contributed by atoms with Crippen LogP contribution in [0.2, 0.25) is 0 Å². The summed E-state index contributed by atoms with van der Waals surface area (Å²) in [5.74, 6) is 0.586. The van der Waals surface area contributed by atoms with E-state index in [1.54, 1.807) is 0 Å². The minimum atomic E-state index is 0.177. The summed E-state index contributed by atoms with van der Waals surface area (Å²) in [6.07, 6.45) is 3.97. The summed E-state index contributed by atoms with van der Waals surface area (Å²) in [5.41, 5.74) is 0.857. The Labute approximate surface area is 121 Å². The number of carbonyl (C=O) groups excluding carboxylic acids is 1. The Morgan fingerprint density at radius 3 is 3.26 bits per heavy atom. The van der Waals surface area contributed by atoms with Crippen LogP contribution in [0.1, 0.15) is 30.0 Å². The molecule has 1 aromatic heterocycles. The predicted molar refractivity (Wildman–Crippen MR) is 74.5 cm³/mol. The molecule has 0 bridgehead atoms. The summed E-state index contributed by atoms with van der Waals surface area (Å²) in [7, 11) is 0. The van der Waals surface area contributed by atoms with Gasteiger partial charge < -0.3 is 9.64 Å². The Balaban J connectivity index is 1.66. The van der Waals surface area contributed by atoms with Gasteiger partial charge in [-0.15, -0.1) is 22.9 Å². The number of thiazole rings is 1. The lowest BCUT2D eigenvalue weighted by atomic mass is 10.1. The van der Waals surface area contributed by atoms with Crippen LogP contribution in [0.25, 0.3) is 0 Å². The number of carbonyl (C=O) groups is 1. The van der Waals surface area contributed by atoms with Crippen molar-refractivity contribution in [3.63, 3.8) is 0 Å². The predicted octanol–water partition coefficient (Wildman–Crippen LogP) is 2.20. The SMILES string of the molecule is O=C(Cc1nc(CCl)cs1)N1CCOC2CCCC21. The van der Waals surface area contributed by atoms with Crippen molar-refractivity contribution in [2.75, 3.05) is 13.2 Å². The van der Waals surface area contributed by atoms with Crippen LogP contribution in [0.3, 0.4) is 0 Å². The summed E-state index contributed by atoms with van der Waals surface area (Å²) in [5, 5.41) is 2.79. The highest BCUT2D eigenvalue weighted by atomic mass is 35.5. The zero-order chi connectivity index (χ0) is 13.2. The topological polar surface area (TPSA) is 42.4 Å². The second-order valence-electron chi connectivity index (χ2n) is 5.04. The molecular weight excluding hydrogens is 284 g/mol. The van der Waals surface area contributed by atoms with E-state index in [-0.39, 0.29) is 18.1 Å². The van der Waals surface area contributed by atoms with Gasteiger partial charge in [-0.2, -0.15) is 0 Å². The van der Waals surface area contributed by atoms with Gasteiger partial charge in [0.2, 0.25) is 5.91 Å². The molecule has 2 unspecified atom stereocenters. The number of ether oxygens (including phenoxy) is 1. The van der Waals surface area contributed by atoms with Gasteiger partial charge in [0.15, 0.2) is 0 Å². The summed E-state index contributed by atoms with van der Waals surface area (Å²) in [4.78, 5) is 18.8. The van der Waals surface area contributed by atoms with E-state index in [1.165, 1.54) is 11.3 Å². The monoisotopic (exact) mass is 300 g/mol. The first-order valence-electron chi connectivity index (χ1n) is 6.68. The fourth-order valence-electron chi connectivity index (χ4n) is 2.96. The molecule has 104 valence electrons. The molecule has 1 aliphatic carbocycles. The van der Waals surface area contributed by atoms with Crippen LogP contribution in [0.15, 0.2) is 5.38 Å². The minimum absolute atomic E-state index is 0.177. The molecular formula is C13H17ClN2O2S. The smallest absolute Gasteiger partial charge is 0.229 e. The van der Waals surface area contributed by atoms with Crippen molar-refractivity contribution in [2.24, 2.45) is 0 Å². The quantitative estimate of drug-likeness (QED) is 0.804. The maximum atomic E-state index is 12.4. The van der Waals surface area contributed by atoms with Crippen LogP contribution in [0.4, 0.5) is 0 Å². The number of aromatic nitrogens is 1. The number of amides is 1. The fourth-order valence-corrected chi connectivity index (χ4v) is 3.97. The third-order valence-corrected chi connectivity index (χ3v) is 5.01. The van der Waals surface area contributed by atoms with Crippen molar-refractivity contribution >= 4 is 28.8 Å². The first kappa shape index (κ1) is 13.3. The van der Waals surface area contributed by atoms with E-state index in [2.05, 4.69) is 4.98 Å². The maximum absolute atomic E-state index is 12.4. The summed E-state index contributed by atoms with van der Waals surface area (Å²) in [6, 6.07) is 0.286. The maximum Gasteiger partial charge on any atom is 0.229 e. The van der Waals surface area contributed by atoms with Crippen molar-refractivity contribution in [2.45, 2.75) is 43.7 Å². The van der Waals surface area contributed by atoms with Crippen molar-refractivity contribution in [3.8, 4) is 0 Å². The molecule has 0 spiro atoms. The molecule has 1 amide bonds. The van der Waals surface area contributed by atoms with E-state index in [4.69, 9.17) is 16.3 Å². The van der Waals surface area contributed by atoms with Crippen molar-refractivity contribution in [3.05, 3.63) is 16.1 Å². The van der Waals surface area contributed by atoms with E-state index < -0.39 is 0 Å². The summed E-state index contributed by atoms with van der Waals surface area (Å²) < 4.78 is 5.73. The highest BCUT2D eigenvalue weighted by Gasteiger charge is 2.38. The number of hydrogen-bond donors (Lipinski definition) is 0. The molecule has 1 aromatic rings. The molecule has 0 aromatic carbocycles. The average Bonchev–Trinajstić information content (AvgIpc) is 3.05. The number of nitrogens with zero attached hydrogens (tertiary/aromatic N) is 2. The fraction of sp³-hybridized carbons (Fsp3) is 0.692. The van der Waals surface area contributed by atoms with Gasteiger partial charge in [0.05, 0.1) is 36.7 Å². The highest BCUT2D eigenvalue weighted by Crippen LogP contribution is 2.30. The molecule has 1 aliphatic heterocycles. The van der Waals surface area contributed by atoms with Gasteiger partial charge in [0.1, 0.15) is 5.01 Å². The lowest BCUT2D eigenvalue weighted by Gasteiger charge is -2.37. The van der Waals surface area contributed by atoms with Gasteiger partial charge >= 0.3 is 0 Å². The van der Waals surface area contributed by atoms with Gasteiger partial charge in [-0.1, -0.05) is 0 Å². The zero-order valence-electron chi connectivity index (χ0n) is 10.7. The lowest BCUT2D eigenvalue weighted by molar-refractivity contribution is -0.143. The van der Waals surface area contributed by atoms with Crippen LogP contribution < -0.4 is 0 Å². The Kier molecular flexibility index (Phi) is 4.05. The molecule has 1 saturated carbocycles. The van der Waals surface area contributed by atoms with E-state index in [9.17, 15) is 4.79 Å². The molecule has 19 heavy (non-hydrogen) atoms. The average molecular weight is 301 g/mol. The number of hydrogen-bond acceptors (Lipinski definition) is 4. The molecule has 2 fully saturated rings. The van der Waals surface area contributed by atoms with Crippen LogP contribution in [-0.4, -0.2) is 41.1 Å². The molecule has 0 radical (unpaired) electrons. The number of morpholine rings is 1. The van der Waals surface area contributed by atoms with E-state index in [0.29, 0.717) is 25.5 Å². The number of alkyl halides is 1. The Bertz CT molecular complexity index is 465. The molecule has 3 rings (SSSR count). The van der Waals surface area contributed by atoms with Gasteiger partial charge in [0, 0.05) is 11.9 Å².